The zero-order valence-corrected chi connectivity index (χ0v) is 14.8. The fourth-order valence-electron chi connectivity index (χ4n) is 3.86. The van der Waals surface area contributed by atoms with E-state index in [1.807, 2.05) is 19.1 Å². The third-order valence-corrected chi connectivity index (χ3v) is 7.29. The van der Waals surface area contributed by atoms with Gasteiger partial charge in [-0.2, -0.15) is 0 Å². The Hall–Kier alpha value is -1.63. The molecule has 3 unspecified atom stereocenters. The summed E-state index contributed by atoms with van der Waals surface area (Å²) in [7, 11) is -3.06. The molecular weight excluding hydrogens is 326 g/mol. The number of nitrogens with zero attached hydrogens (tertiary/aromatic N) is 2. The number of nitrogens with one attached hydrogen (secondary N) is 1. The molecular formula is C17H25N3O3S. The third-order valence-electron chi connectivity index (χ3n) is 5.07. The fraction of sp³-hybridized carbons (Fsp3) is 0.647. The van der Waals surface area contributed by atoms with E-state index in [1.165, 1.54) is 0 Å². The van der Waals surface area contributed by atoms with Crippen LogP contribution in [0.15, 0.2) is 24.5 Å². The quantitative estimate of drug-likeness (QED) is 0.900. The first kappa shape index (κ1) is 17.2. The molecule has 24 heavy (non-hydrogen) atoms. The van der Waals surface area contributed by atoms with E-state index in [0.29, 0.717) is 13.0 Å². The van der Waals surface area contributed by atoms with E-state index in [4.69, 9.17) is 0 Å². The van der Waals surface area contributed by atoms with Crippen molar-refractivity contribution >= 4 is 15.9 Å². The van der Waals surface area contributed by atoms with E-state index >= 15 is 0 Å². The molecule has 1 aliphatic carbocycles. The molecule has 1 aromatic heterocycles. The summed E-state index contributed by atoms with van der Waals surface area (Å²) in [5.41, 5.74) is 1.12. The molecule has 2 fully saturated rings. The highest BCUT2D eigenvalue weighted by Crippen LogP contribution is 2.32. The minimum absolute atomic E-state index is 0.0134. The normalized spacial score (nSPS) is 27.1. The van der Waals surface area contributed by atoms with Gasteiger partial charge in [-0.05, 0) is 43.9 Å². The molecule has 3 rings (SSSR count). The number of hydrogen-bond donors (Lipinski definition) is 1. The standard InChI is InChI=1S/C17H25N3O3S/c1-13(12-14-6-8-18-9-7-14)19-17(21)20-10-11-24(22,23)16-5-3-2-4-15(16)20/h6-9,13,15-16H,2-5,10-12H2,1H3,(H,19,21). The van der Waals surface area contributed by atoms with E-state index < -0.39 is 9.84 Å². The molecule has 0 bridgehead atoms. The highest BCUT2D eigenvalue weighted by Gasteiger charge is 2.44. The van der Waals surface area contributed by atoms with Gasteiger partial charge in [0.05, 0.1) is 17.0 Å². The van der Waals surface area contributed by atoms with Crippen LogP contribution in [0.5, 0.6) is 0 Å². The van der Waals surface area contributed by atoms with E-state index in [-0.39, 0.29) is 29.1 Å². The van der Waals surface area contributed by atoms with Crippen LogP contribution in [0.2, 0.25) is 0 Å². The number of carbonyl (C=O) groups is 1. The number of urea groups is 1. The van der Waals surface area contributed by atoms with Gasteiger partial charge in [-0.25, -0.2) is 13.2 Å². The second kappa shape index (κ2) is 7.09. The lowest BCUT2D eigenvalue weighted by atomic mass is 9.93. The maximum atomic E-state index is 12.7. The summed E-state index contributed by atoms with van der Waals surface area (Å²) in [5, 5.41) is 2.66. The summed E-state index contributed by atoms with van der Waals surface area (Å²) < 4.78 is 24.6. The van der Waals surface area contributed by atoms with Crippen molar-refractivity contribution in [3.8, 4) is 0 Å². The molecule has 1 aliphatic heterocycles. The molecule has 0 radical (unpaired) electrons. The molecule has 6 nitrogen and oxygen atoms in total. The van der Waals surface area contributed by atoms with Crippen LogP contribution in [0.1, 0.15) is 38.2 Å². The maximum absolute atomic E-state index is 12.7. The predicted octanol–water partition coefficient (Wildman–Crippen LogP) is 1.76. The van der Waals surface area contributed by atoms with E-state index in [2.05, 4.69) is 10.3 Å². The van der Waals surface area contributed by atoms with Crippen LogP contribution in [0.25, 0.3) is 0 Å². The van der Waals surface area contributed by atoms with Crippen molar-refractivity contribution in [3.05, 3.63) is 30.1 Å². The Morgan fingerprint density at radius 3 is 2.79 bits per heavy atom. The van der Waals surface area contributed by atoms with E-state index in [1.54, 1.807) is 17.3 Å². The number of aromatic nitrogens is 1. The van der Waals surface area contributed by atoms with Gasteiger partial charge < -0.3 is 10.2 Å². The van der Waals surface area contributed by atoms with Gasteiger partial charge in [-0.3, -0.25) is 4.98 Å². The number of fused-ring (bicyclic) bond motifs is 1. The molecule has 2 aliphatic rings. The monoisotopic (exact) mass is 351 g/mol. The molecule has 1 saturated heterocycles. The molecule has 1 aromatic rings. The first-order chi connectivity index (χ1) is 11.5. The Morgan fingerprint density at radius 2 is 2.04 bits per heavy atom. The highest BCUT2D eigenvalue weighted by atomic mass is 32.2. The van der Waals surface area contributed by atoms with Crippen LogP contribution in [0, 0.1) is 0 Å². The van der Waals surface area contributed by atoms with Crippen LogP contribution >= 0.6 is 0 Å². The van der Waals surface area contributed by atoms with Gasteiger partial charge in [0, 0.05) is 25.0 Å². The second-order valence-electron chi connectivity index (χ2n) is 6.86. The maximum Gasteiger partial charge on any atom is 0.317 e. The summed E-state index contributed by atoms with van der Waals surface area (Å²) >= 11 is 0. The van der Waals surface area contributed by atoms with Crippen molar-refractivity contribution in [1.29, 1.82) is 0 Å². The molecule has 1 N–H and O–H groups in total. The number of pyridine rings is 1. The predicted molar refractivity (Wildman–Crippen MR) is 92.5 cm³/mol. The molecule has 132 valence electrons. The van der Waals surface area contributed by atoms with Crippen LogP contribution < -0.4 is 5.32 Å². The third kappa shape index (κ3) is 3.71. The molecule has 2 amide bonds. The van der Waals surface area contributed by atoms with Gasteiger partial charge in [-0.15, -0.1) is 0 Å². The summed E-state index contributed by atoms with van der Waals surface area (Å²) in [5.74, 6) is 0.0837. The van der Waals surface area contributed by atoms with Crippen molar-refractivity contribution < 1.29 is 13.2 Å². The minimum Gasteiger partial charge on any atom is -0.335 e. The Kier molecular flexibility index (Phi) is 5.08. The molecule has 3 atom stereocenters. The lowest BCUT2D eigenvalue weighted by Crippen LogP contribution is -2.60. The van der Waals surface area contributed by atoms with Crippen LogP contribution in [-0.4, -0.2) is 54.0 Å². The number of carbonyl (C=O) groups excluding carboxylic acids is 1. The summed E-state index contributed by atoms with van der Waals surface area (Å²) in [6, 6.07) is 3.56. The number of rotatable bonds is 3. The number of sulfone groups is 1. The van der Waals surface area contributed by atoms with Gasteiger partial charge in [0.1, 0.15) is 0 Å². The van der Waals surface area contributed by atoms with Crippen LogP contribution in [0.3, 0.4) is 0 Å². The van der Waals surface area contributed by atoms with Crippen molar-refractivity contribution in [2.45, 2.75) is 56.4 Å². The Bertz CT molecular complexity index is 678. The summed E-state index contributed by atoms with van der Waals surface area (Å²) in [6.07, 6.45) is 7.62. The summed E-state index contributed by atoms with van der Waals surface area (Å²) in [6.45, 7) is 2.27. The molecule has 0 aromatic carbocycles. The average Bonchev–Trinajstić information content (AvgIpc) is 2.55. The molecule has 7 heteroatoms. The van der Waals surface area contributed by atoms with E-state index in [9.17, 15) is 13.2 Å². The van der Waals surface area contributed by atoms with Crippen LogP contribution in [0.4, 0.5) is 4.79 Å². The van der Waals surface area contributed by atoms with Gasteiger partial charge in [0.15, 0.2) is 9.84 Å². The lowest BCUT2D eigenvalue weighted by Gasteiger charge is -2.43. The van der Waals surface area contributed by atoms with Crippen molar-refractivity contribution in [2.75, 3.05) is 12.3 Å². The van der Waals surface area contributed by atoms with Gasteiger partial charge >= 0.3 is 6.03 Å². The molecule has 1 saturated carbocycles. The zero-order chi connectivity index (χ0) is 17.2. The lowest BCUT2D eigenvalue weighted by molar-refractivity contribution is 0.153. The number of hydrogen-bond acceptors (Lipinski definition) is 4. The Balaban J connectivity index is 1.64. The topological polar surface area (TPSA) is 79.4 Å². The van der Waals surface area contributed by atoms with Gasteiger partial charge in [0.25, 0.3) is 0 Å². The van der Waals surface area contributed by atoms with Gasteiger partial charge in [0.2, 0.25) is 0 Å². The Morgan fingerprint density at radius 1 is 1.33 bits per heavy atom. The van der Waals surface area contributed by atoms with Crippen LogP contribution in [-0.2, 0) is 16.3 Å². The SMILES string of the molecule is CC(Cc1ccncc1)NC(=O)N1CCS(=O)(=O)C2CCCCC21. The van der Waals surface area contributed by atoms with Gasteiger partial charge in [-0.1, -0.05) is 12.8 Å². The summed E-state index contributed by atoms with van der Waals surface area (Å²) in [4.78, 5) is 18.4. The molecule has 2 heterocycles. The first-order valence-corrected chi connectivity index (χ1v) is 10.4. The van der Waals surface area contributed by atoms with Crippen molar-refractivity contribution in [3.63, 3.8) is 0 Å². The van der Waals surface area contributed by atoms with Crippen molar-refractivity contribution in [2.24, 2.45) is 0 Å². The first-order valence-electron chi connectivity index (χ1n) is 8.65. The minimum atomic E-state index is -3.06. The number of amides is 2. The van der Waals surface area contributed by atoms with Crippen molar-refractivity contribution in [1.82, 2.24) is 15.2 Å². The largest absolute Gasteiger partial charge is 0.335 e. The zero-order valence-electron chi connectivity index (χ0n) is 14.0. The average molecular weight is 351 g/mol. The molecule has 0 spiro atoms. The smallest absolute Gasteiger partial charge is 0.317 e. The fourth-order valence-corrected chi connectivity index (χ4v) is 5.91. The Labute approximate surface area is 143 Å². The van der Waals surface area contributed by atoms with E-state index in [0.717, 1.165) is 31.2 Å². The highest BCUT2D eigenvalue weighted by molar-refractivity contribution is 7.92. The second-order valence-corrected chi connectivity index (χ2v) is 9.20.